The van der Waals surface area contributed by atoms with E-state index in [0.717, 1.165) is 17.5 Å². The van der Waals surface area contributed by atoms with E-state index in [1.165, 1.54) is 7.11 Å². The molecule has 0 bridgehead atoms. The number of pyridine rings is 1. The molecule has 9 heteroatoms. The Hall–Kier alpha value is -2.52. The molecule has 0 amide bonds. The van der Waals surface area contributed by atoms with E-state index in [-0.39, 0.29) is 19.0 Å². The van der Waals surface area contributed by atoms with Crippen molar-refractivity contribution in [2.75, 3.05) is 26.1 Å². The zero-order chi connectivity index (χ0) is 17.9. The lowest BCUT2D eigenvalue weighted by Crippen LogP contribution is -2.26. The fourth-order valence-electron chi connectivity index (χ4n) is 1.75. The smallest absolute Gasteiger partial charge is 0.316 e. The first-order valence-electron chi connectivity index (χ1n) is 7.34. The van der Waals surface area contributed by atoms with Crippen LogP contribution >= 0.6 is 11.8 Å². The van der Waals surface area contributed by atoms with Gasteiger partial charge in [-0.15, -0.1) is 0 Å². The molecule has 0 aliphatic heterocycles. The van der Waals surface area contributed by atoms with Gasteiger partial charge in [0, 0.05) is 19.5 Å². The van der Waals surface area contributed by atoms with Crippen molar-refractivity contribution in [2.24, 2.45) is 0 Å². The molecule has 0 spiro atoms. The number of esters is 1. The number of hydrogen-bond acceptors (Lipinski definition) is 9. The van der Waals surface area contributed by atoms with Crippen molar-refractivity contribution in [1.29, 1.82) is 0 Å². The van der Waals surface area contributed by atoms with E-state index in [2.05, 4.69) is 19.7 Å². The Morgan fingerprint density at radius 2 is 2.08 bits per heavy atom. The van der Waals surface area contributed by atoms with Crippen molar-refractivity contribution in [3.05, 3.63) is 36.7 Å². The molecular formula is C16H17N3O5S. The number of rotatable bonds is 10. The minimum atomic E-state index is -0.497. The van der Waals surface area contributed by atoms with Gasteiger partial charge in [-0.25, -0.2) is 9.97 Å². The van der Waals surface area contributed by atoms with Gasteiger partial charge < -0.3 is 14.2 Å². The fraction of sp³-hybridized carbons (Fsp3) is 0.312. The van der Waals surface area contributed by atoms with Crippen molar-refractivity contribution >= 4 is 24.2 Å². The lowest BCUT2D eigenvalue weighted by molar-refractivity contribution is -0.146. The number of thioether (sulfide) groups is 1. The summed E-state index contributed by atoms with van der Waals surface area (Å²) in [4.78, 5) is 34.6. The highest BCUT2D eigenvalue weighted by Gasteiger charge is 2.13. The highest BCUT2D eigenvalue weighted by molar-refractivity contribution is 7.99. The molecule has 1 unspecified atom stereocenters. The summed E-state index contributed by atoms with van der Waals surface area (Å²) in [5.41, 5.74) is 1.41. The summed E-state index contributed by atoms with van der Waals surface area (Å²) in [7, 11) is 1.44. The molecule has 1 atom stereocenters. The molecular weight excluding hydrogens is 346 g/mol. The van der Waals surface area contributed by atoms with Gasteiger partial charge in [0.25, 0.3) is 6.47 Å². The SMILES string of the molecule is COC(COC=O)COC(=O)CSc1nccc(-c2ccccn2)n1. The Morgan fingerprint density at radius 3 is 2.80 bits per heavy atom. The highest BCUT2D eigenvalue weighted by Crippen LogP contribution is 2.18. The van der Waals surface area contributed by atoms with Crippen LogP contribution in [0.5, 0.6) is 0 Å². The highest BCUT2D eigenvalue weighted by atomic mass is 32.2. The second-order valence-corrected chi connectivity index (χ2v) is 5.64. The molecule has 2 heterocycles. The molecule has 0 saturated heterocycles. The van der Waals surface area contributed by atoms with Crippen molar-refractivity contribution in [1.82, 2.24) is 15.0 Å². The van der Waals surface area contributed by atoms with Crippen LogP contribution in [0.3, 0.4) is 0 Å². The standard InChI is InChI=1S/C16H17N3O5S/c1-22-12(8-23-11-20)9-24-15(21)10-25-16-18-7-5-14(19-16)13-4-2-3-6-17-13/h2-7,11-12H,8-10H2,1H3. The van der Waals surface area contributed by atoms with Crippen molar-refractivity contribution < 1.29 is 23.8 Å². The number of ether oxygens (including phenoxy) is 3. The van der Waals surface area contributed by atoms with Gasteiger partial charge in [-0.3, -0.25) is 14.6 Å². The van der Waals surface area contributed by atoms with Crippen LogP contribution in [0.2, 0.25) is 0 Å². The van der Waals surface area contributed by atoms with E-state index in [4.69, 9.17) is 9.47 Å². The Kier molecular flexibility index (Phi) is 7.80. The van der Waals surface area contributed by atoms with Gasteiger partial charge in [-0.1, -0.05) is 17.8 Å². The predicted octanol–water partition coefficient (Wildman–Crippen LogP) is 1.36. The second-order valence-electron chi connectivity index (χ2n) is 4.70. The zero-order valence-electron chi connectivity index (χ0n) is 13.5. The minimum Gasteiger partial charge on any atom is -0.465 e. The van der Waals surface area contributed by atoms with Gasteiger partial charge >= 0.3 is 5.97 Å². The maximum Gasteiger partial charge on any atom is 0.316 e. The summed E-state index contributed by atoms with van der Waals surface area (Å²) in [5, 5.41) is 0.452. The Bertz CT molecular complexity index is 686. The number of carbonyl (C=O) groups excluding carboxylic acids is 2. The van der Waals surface area contributed by atoms with Crippen LogP contribution in [0, 0.1) is 0 Å². The monoisotopic (exact) mass is 363 g/mol. The van der Waals surface area contributed by atoms with E-state index in [1.807, 2.05) is 18.2 Å². The van der Waals surface area contributed by atoms with Gasteiger partial charge in [-0.05, 0) is 18.2 Å². The molecule has 2 aromatic heterocycles. The first-order valence-corrected chi connectivity index (χ1v) is 8.32. The van der Waals surface area contributed by atoms with Gasteiger partial charge in [-0.2, -0.15) is 0 Å². The van der Waals surface area contributed by atoms with E-state index < -0.39 is 12.1 Å². The van der Waals surface area contributed by atoms with E-state index in [0.29, 0.717) is 17.3 Å². The van der Waals surface area contributed by atoms with Crippen LogP contribution in [0.1, 0.15) is 0 Å². The lowest BCUT2D eigenvalue weighted by Gasteiger charge is -2.13. The summed E-state index contributed by atoms with van der Waals surface area (Å²) >= 11 is 1.16. The summed E-state index contributed by atoms with van der Waals surface area (Å²) in [6.07, 6.45) is 2.80. The number of nitrogens with zero attached hydrogens (tertiary/aromatic N) is 3. The number of hydrogen-bond donors (Lipinski definition) is 0. The summed E-state index contributed by atoms with van der Waals surface area (Å²) in [6.45, 7) is 0.337. The van der Waals surface area contributed by atoms with Crippen LogP contribution in [-0.2, 0) is 23.8 Å². The maximum atomic E-state index is 11.8. The summed E-state index contributed by atoms with van der Waals surface area (Å²) < 4.78 is 14.7. The molecule has 0 saturated carbocycles. The molecule has 8 nitrogen and oxygen atoms in total. The number of aromatic nitrogens is 3. The number of methoxy groups -OCH3 is 1. The minimum absolute atomic E-state index is 0.00142. The van der Waals surface area contributed by atoms with Crippen LogP contribution in [-0.4, -0.2) is 59.6 Å². The first kappa shape index (κ1) is 18.8. The zero-order valence-corrected chi connectivity index (χ0v) is 14.3. The number of carbonyl (C=O) groups is 2. The molecule has 0 aliphatic rings. The maximum absolute atomic E-state index is 11.8. The van der Waals surface area contributed by atoms with Crippen LogP contribution in [0.25, 0.3) is 11.4 Å². The topological polar surface area (TPSA) is 100 Å². The molecule has 25 heavy (non-hydrogen) atoms. The van der Waals surface area contributed by atoms with Crippen LogP contribution < -0.4 is 0 Å². The quantitative estimate of drug-likeness (QED) is 0.268. The second kappa shape index (κ2) is 10.4. The summed E-state index contributed by atoms with van der Waals surface area (Å²) in [6, 6.07) is 7.29. The van der Waals surface area contributed by atoms with Gasteiger partial charge in [0.15, 0.2) is 5.16 Å². The molecule has 2 aromatic rings. The third kappa shape index (κ3) is 6.48. The Balaban J connectivity index is 1.82. The van der Waals surface area contributed by atoms with Crippen molar-refractivity contribution in [3.63, 3.8) is 0 Å². The van der Waals surface area contributed by atoms with E-state index in [1.54, 1.807) is 18.5 Å². The van der Waals surface area contributed by atoms with Gasteiger partial charge in [0.1, 0.15) is 19.3 Å². The van der Waals surface area contributed by atoms with Crippen LogP contribution in [0.4, 0.5) is 0 Å². The third-order valence-electron chi connectivity index (χ3n) is 2.99. The average Bonchev–Trinajstić information content (AvgIpc) is 2.67. The largest absolute Gasteiger partial charge is 0.465 e. The Morgan fingerprint density at radius 1 is 1.20 bits per heavy atom. The van der Waals surface area contributed by atoms with Gasteiger partial charge in [0.05, 0.1) is 17.1 Å². The first-order chi connectivity index (χ1) is 12.2. The predicted molar refractivity (Wildman–Crippen MR) is 89.8 cm³/mol. The van der Waals surface area contributed by atoms with E-state index >= 15 is 0 Å². The van der Waals surface area contributed by atoms with Crippen molar-refractivity contribution in [3.8, 4) is 11.4 Å². The summed E-state index contributed by atoms with van der Waals surface area (Å²) in [5.74, 6) is -0.388. The molecule has 0 aromatic carbocycles. The normalized spacial score (nSPS) is 11.6. The lowest BCUT2D eigenvalue weighted by atomic mass is 10.3. The van der Waals surface area contributed by atoms with Gasteiger partial charge in [0.2, 0.25) is 0 Å². The molecule has 0 N–H and O–H groups in total. The average molecular weight is 363 g/mol. The van der Waals surface area contributed by atoms with Crippen molar-refractivity contribution in [2.45, 2.75) is 11.3 Å². The molecule has 0 fully saturated rings. The van der Waals surface area contributed by atoms with Crippen LogP contribution in [0.15, 0.2) is 41.8 Å². The molecule has 132 valence electrons. The fourth-order valence-corrected chi connectivity index (χ4v) is 2.38. The third-order valence-corrected chi connectivity index (χ3v) is 3.83. The molecule has 2 rings (SSSR count). The molecule has 0 aliphatic carbocycles. The van der Waals surface area contributed by atoms with E-state index in [9.17, 15) is 9.59 Å². The molecule has 0 radical (unpaired) electrons. The Labute approximate surface area is 148 Å².